The standard InChI is InChI=1S/C10H9O3P/c11-9-6-7-14(12,13-8-9)10-4-2-1-3-5-10/h1-7H,8H2. The fourth-order valence-electron chi connectivity index (χ4n) is 1.23. The summed E-state index contributed by atoms with van der Waals surface area (Å²) in [5, 5.41) is 0.628. The second-order valence-electron chi connectivity index (χ2n) is 2.99. The number of hydrogen-bond donors (Lipinski definition) is 0. The maximum atomic E-state index is 12.1. The third-order valence-electron chi connectivity index (χ3n) is 1.97. The van der Waals surface area contributed by atoms with Crippen LogP contribution in [0.3, 0.4) is 0 Å². The predicted molar refractivity (Wildman–Crippen MR) is 53.8 cm³/mol. The summed E-state index contributed by atoms with van der Waals surface area (Å²) in [5.74, 6) is 1.22. The lowest BCUT2D eigenvalue weighted by molar-refractivity contribution is -0.116. The van der Waals surface area contributed by atoms with Gasteiger partial charge in [-0.15, -0.1) is 0 Å². The molecule has 0 N–H and O–H groups in total. The highest BCUT2D eigenvalue weighted by Gasteiger charge is 2.26. The van der Waals surface area contributed by atoms with Gasteiger partial charge in [0.2, 0.25) is 0 Å². The zero-order valence-electron chi connectivity index (χ0n) is 7.42. The van der Waals surface area contributed by atoms with Crippen LogP contribution < -0.4 is 5.30 Å². The van der Waals surface area contributed by atoms with E-state index in [4.69, 9.17) is 4.52 Å². The van der Waals surface area contributed by atoms with Crippen LogP contribution in [-0.4, -0.2) is 12.4 Å². The summed E-state index contributed by atoms with van der Waals surface area (Å²) in [6.45, 7) is -0.0946. The molecule has 1 unspecified atom stereocenters. The first-order valence-electron chi connectivity index (χ1n) is 4.23. The molecule has 0 radical (unpaired) electrons. The quantitative estimate of drug-likeness (QED) is 0.660. The lowest BCUT2D eigenvalue weighted by atomic mass is 10.4. The Labute approximate surface area is 81.8 Å². The number of carbonyl (C=O) groups is 1. The van der Waals surface area contributed by atoms with Crippen molar-refractivity contribution in [1.82, 2.24) is 0 Å². The summed E-state index contributed by atoms with van der Waals surface area (Å²) in [7, 11) is -2.90. The van der Waals surface area contributed by atoms with Crippen LogP contribution >= 0.6 is 7.37 Å². The lowest BCUT2D eigenvalue weighted by Gasteiger charge is -2.17. The van der Waals surface area contributed by atoms with Crippen LogP contribution in [-0.2, 0) is 13.9 Å². The molecule has 0 saturated heterocycles. The Hall–Kier alpha value is -1.18. The lowest BCUT2D eigenvalue weighted by Crippen LogP contribution is -2.14. The average Bonchev–Trinajstić information content (AvgIpc) is 2.24. The van der Waals surface area contributed by atoms with Crippen LogP contribution in [0, 0.1) is 0 Å². The van der Waals surface area contributed by atoms with E-state index >= 15 is 0 Å². The van der Waals surface area contributed by atoms with E-state index in [1.165, 1.54) is 11.9 Å². The van der Waals surface area contributed by atoms with Gasteiger partial charge in [0.05, 0.1) is 0 Å². The summed E-state index contributed by atoms with van der Waals surface area (Å²) in [6, 6.07) is 8.90. The third kappa shape index (κ3) is 1.69. The van der Waals surface area contributed by atoms with E-state index in [0.29, 0.717) is 5.30 Å². The maximum absolute atomic E-state index is 12.1. The largest absolute Gasteiger partial charge is 0.314 e. The van der Waals surface area contributed by atoms with Gasteiger partial charge >= 0.3 is 0 Å². The molecule has 2 rings (SSSR count). The number of hydrogen-bond acceptors (Lipinski definition) is 3. The number of ketones is 1. The van der Waals surface area contributed by atoms with Crippen LogP contribution in [0.4, 0.5) is 0 Å². The molecule has 1 aromatic rings. The summed E-state index contributed by atoms with van der Waals surface area (Å²) in [5.41, 5.74) is 0. The minimum absolute atomic E-state index is 0.0946. The van der Waals surface area contributed by atoms with Crippen molar-refractivity contribution >= 4 is 18.5 Å². The zero-order chi connectivity index (χ0) is 10.0. The summed E-state index contributed by atoms with van der Waals surface area (Å²) >= 11 is 0. The molecular weight excluding hydrogens is 199 g/mol. The van der Waals surface area contributed by atoms with Crippen molar-refractivity contribution in [3.05, 3.63) is 42.2 Å². The second kappa shape index (κ2) is 3.52. The predicted octanol–water partition coefficient (Wildman–Crippen LogP) is 1.70. The molecule has 1 aliphatic heterocycles. The SMILES string of the molecule is O=C1C=CP(=O)(c2ccccc2)OC1. The highest BCUT2D eigenvalue weighted by Crippen LogP contribution is 2.48. The van der Waals surface area contributed by atoms with E-state index in [1.807, 2.05) is 6.07 Å². The van der Waals surface area contributed by atoms with E-state index in [9.17, 15) is 9.36 Å². The second-order valence-corrected chi connectivity index (χ2v) is 5.25. The van der Waals surface area contributed by atoms with Crippen molar-refractivity contribution in [3.63, 3.8) is 0 Å². The van der Waals surface area contributed by atoms with Crippen LogP contribution in [0.5, 0.6) is 0 Å². The molecule has 1 aliphatic rings. The first-order chi connectivity index (χ1) is 6.71. The highest BCUT2D eigenvalue weighted by molar-refractivity contribution is 7.70. The maximum Gasteiger partial charge on any atom is 0.254 e. The van der Waals surface area contributed by atoms with E-state index in [-0.39, 0.29) is 12.4 Å². The van der Waals surface area contributed by atoms with Gasteiger partial charge in [-0.3, -0.25) is 9.36 Å². The summed E-state index contributed by atoms with van der Waals surface area (Å²) < 4.78 is 17.2. The molecule has 0 fully saturated rings. The van der Waals surface area contributed by atoms with Crippen molar-refractivity contribution in [2.75, 3.05) is 6.61 Å². The van der Waals surface area contributed by atoms with Gasteiger partial charge in [0.1, 0.15) is 6.61 Å². The molecule has 1 heterocycles. The van der Waals surface area contributed by atoms with E-state index < -0.39 is 7.37 Å². The Balaban J connectivity index is 2.40. The molecule has 0 bridgehead atoms. The summed E-state index contributed by atoms with van der Waals surface area (Å²) in [4.78, 5) is 10.8. The molecule has 0 aromatic heterocycles. The van der Waals surface area contributed by atoms with Gasteiger partial charge in [0, 0.05) is 11.1 Å². The Bertz CT molecular complexity index is 422. The average molecular weight is 208 g/mol. The first-order valence-corrected chi connectivity index (χ1v) is 5.92. The number of carbonyl (C=O) groups excluding carboxylic acids is 1. The van der Waals surface area contributed by atoms with Gasteiger partial charge in [-0.2, -0.15) is 0 Å². The normalized spacial score (nSPS) is 26.4. The fourth-order valence-corrected chi connectivity index (χ4v) is 2.90. The first kappa shape index (κ1) is 9.38. The molecule has 3 nitrogen and oxygen atoms in total. The third-order valence-corrected chi connectivity index (χ3v) is 4.04. The number of rotatable bonds is 1. The van der Waals surface area contributed by atoms with Crippen molar-refractivity contribution in [2.45, 2.75) is 0 Å². The highest BCUT2D eigenvalue weighted by atomic mass is 31.2. The zero-order valence-corrected chi connectivity index (χ0v) is 8.31. The van der Waals surface area contributed by atoms with Gasteiger partial charge in [0.25, 0.3) is 7.37 Å². The molecule has 0 amide bonds. The van der Waals surface area contributed by atoms with Crippen LogP contribution in [0.1, 0.15) is 0 Å². The Morgan fingerprint density at radius 1 is 1.21 bits per heavy atom. The van der Waals surface area contributed by atoms with Gasteiger partial charge < -0.3 is 4.52 Å². The van der Waals surface area contributed by atoms with Gasteiger partial charge in [0.15, 0.2) is 5.78 Å². The van der Waals surface area contributed by atoms with Crippen LogP contribution in [0.25, 0.3) is 0 Å². The molecular formula is C10H9O3P. The van der Waals surface area contributed by atoms with Crippen LogP contribution in [0.15, 0.2) is 42.2 Å². The van der Waals surface area contributed by atoms with E-state index in [1.54, 1.807) is 24.3 Å². The van der Waals surface area contributed by atoms with Crippen molar-refractivity contribution in [1.29, 1.82) is 0 Å². The fraction of sp³-hybridized carbons (Fsp3) is 0.100. The van der Waals surface area contributed by atoms with Gasteiger partial charge in [-0.1, -0.05) is 18.2 Å². The number of benzene rings is 1. The molecule has 14 heavy (non-hydrogen) atoms. The molecule has 4 heteroatoms. The minimum atomic E-state index is -2.90. The van der Waals surface area contributed by atoms with E-state index in [0.717, 1.165) is 0 Å². The molecule has 72 valence electrons. The molecule has 1 aromatic carbocycles. The van der Waals surface area contributed by atoms with Crippen molar-refractivity contribution in [2.24, 2.45) is 0 Å². The van der Waals surface area contributed by atoms with Crippen molar-refractivity contribution < 1.29 is 13.9 Å². The Kier molecular flexibility index (Phi) is 2.36. The topological polar surface area (TPSA) is 43.4 Å². The Morgan fingerprint density at radius 3 is 2.50 bits per heavy atom. The van der Waals surface area contributed by atoms with Gasteiger partial charge in [-0.25, -0.2) is 0 Å². The smallest absolute Gasteiger partial charge is 0.254 e. The molecule has 0 spiro atoms. The Morgan fingerprint density at radius 2 is 1.93 bits per heavy atom. The summed E-state index contributed by atoms with van der Waals surface area (Å²) in [6.07, 6.45) is 1.33. The monoisotopic (exact) mass is 208 g/mol. The molecule has 0 aliphatic carbocycles. The van der Waals surface area contributed by atoms with Crippen LogP contribution in [0.2, 0.25) is 0 Å². The van der Waals surface area contributed by atoms with E-state index in [2.05, 4.69) is 0 Å². The molecule has 1 atom stereocenters. The minimum Gasteiger partial charge on any atom is -0.314 e. The molecule has 0 saturated carbocycles. The van der Waals surface area contributed by atoms with Crippen molar-refractivity contribution in [3.8, 4) is 0 Å². The van der Waals surface area contributed by atoms with Gasteiger partial charge in [-0.05, 0) is 18.2 Å².